The number of carboxylic acids is 1. The molecular formula is C13H23NO3. The van der Waals surface area contributed by atoms with Crippen LogP contribution in [0.25, 0.3) is 0 Å². The van der Waals surface area contributed by atoms with Crippen LogP contribution in [0.5, 0.6) is 0 Å². The average molecular weight is 241 g/mol. The summed E-state index contributed by atoms with van der Waals surface area (Å²) >= 11 is 0. The molecule has 0 radical (unpaired) electrons. The molecule has 0 heterocycles. The van der Waals surface area contributed by atoms with Gasteiger partial charge in [0.25, 0.3) is 0 Å². The smallest absolute Gasteiger partial charge is 0.311 e. The Labute approximate surface area is 103 Å². The fourth-order valence-corrected chi connectivity index (χ4v) is 2.17. The summed E-state index contributed by atoms with van der Waals surface area (Å²) in [7, 11) is 0. The molecule has 0 aliphatic heterocycles. The molecule has 1 aliphatic rings. The van der Waals surface area contributed by atoms with Gasteiger partial charge in [0.05, 0.1) is 5.41 Å². The molecular weight excluding hydrogens is 218 g/mol. The standard InChI is InChI=1S/C13H23NO3/c1-5-13(6-2,11(16)17)8-14-10(15)9-7-12(9,3)4/h9H,5-8H2,1-4H3,(H,14,15)(H,16,17). The summed E-state index contributed by atoms with van der Waals surface area (Å²) in [5, 5.41) is 12.0. The van der Waals surface area contributed by atoms with E-state index in [2.05, 4.69) is 19.2 Å². The predicted molar refractivity (Wildman–Crippen MR) is 65.5 cm³/mol. The van der Waals surface area contributed by atoms with Crippen LogP contribution in [0.3, 0.4) is 0 Å². The van der Waals surface area contributed by atoms with E-state index in [1.165, 1.54) is 0 Å². The van der Waals surface area contributed by atoms with Crippen LogP contribution in [0.1, 0.15) is 47.0 Å². The minimum Gasteiger partial charge on any atom is -0.481 e. The van der Waals surface area contributed by atoms with Crippen LogP contribution in [0.4, 0.5) is 0 Å². The zero-order valence-corrected chi connectivity index (χ0v) is 11.2. The predicted octanol–water partition coefficient (Wildman–Crippen LogP) is 2.04. The highest BCUT2D eigenvalue weighted by atomic mass is 16.4. The minimum absolute atomic E-state index is 0.00234. The maximum absolute atomic E-state index is 11.8. The number of amides is 1. The van der Waals surface area contributed by atoms with Gasteiger partial charge in [0, 0.05) is 12.5 Å². The molecule has 1 rings (SSSR count). The number of rotatable bonds is 6. The van der Waals surface area contributed by atoms with Crippen molar-refractivity contribution >= 4 is 11.9 Å². The molecule has 0 aromatic carbocycles. The summed E-state index contributed by atoms with van der Waals surface area (Å²) in [4.78, 5) is 23.1. The van der Waals surface area contributed by atoms with E-state index in [9.17, 15) is 14.7 Å². The lowest BCUT2D eigenvalue weighted by Gasteiger charge is -2.27. The van der Waals surface area contributed by atoms with Crippen molar-refractivity contribution in [3.8, 4) is 0 Å². The molecule has 0 spiro atoms. The molecule has 1 unspecified atom stereocenters. The van der Waals surface area contributed by atoms with Crippen LogP contribution in [-0.4, -0.2) is 23.5 Å². The van der Waals surface area contributed by atoms with Crippen molar-refractivity contribution in [3.63, 3.8) is 0 Å². The molecule has 1 fully saturated rings. The number of aliphatic carboxylic acids is 1. The van der Waals surface area contributed by atoms with Gasteiger partial charge >= 0.3 is 5.97 Å². The molecule has 17 heavy (non-hydrogen) atoms. The van der Waals surface area contributed by atoms with Gasteiger partial charge in [-0.2, -0.15) is 0 Å². The molecule has 2 N–H and O–H groups in total. The molecule has 4 heteroatoms. The highest BCUT2D eigenvalue weighted by Crippen LogP contribution is 2.51. The third-order valence-corrected chi connectivity index (χ3v) is 4.24. The Morgan fingerprint density at radius 1 is 1.35 bits per heavy atom. The van der Waals surface area contributed by atoms with E-state index in [1.807, 2.05) is 13.8 Å². The molecule has 98 valence electrons. The third kappa shape index (κ3) is 2.79. The van der Waals surface area contributed by atoms with E-state index in [1.54, 1.807) is 0 Å². The quantitative estimate of drug-likeness (QED) is 0.748. The number of nitrogens with one attached hydrogen (secondary N) is 1. The van der Waals surface area contributed by atoms with Gasteiger partial charge in [-0.05, 0) is 24.7 Å². The van der Waals surface area contributed by atoms with Gasteiger partial charge in [-0.3, -0.25) is 9.59 Å². The van der Waals surface area contributed by atoms with Crippen molar-refractivity contribution in [2.45, 2.75) is 47.0 Å². The number of carbonyl (C=O) groups excluding carboxylic acids is 1. The highest BCUT2D eigenvalue weighted by Gasteiger charge is 2.51. The van der Waals surface area contributed by atoms with Crippen LogP contribution in [0.2, 0.25) is 0 Å². The second-order valence-corrected chi connectivity index (χ2v) is 5.76. The molecule has 1 aliphatic carbocycles. The Morgan fingerprint density at radius 3 is 2.12 bits per heavy atom. The monoisotopic (exact) mass is 241 g/mol. The van der Waals surface area contributed by atoms with Gasteiger partial charge < -0.3 is 10.4 Å². The topological polar surface area (TPSA) is 66.4 Å². The average Bonchev–Trinajstić information content (AvgIpc) is 2.89. The van der Waals surface area contributed by atoms with E-state index in [0.717, 1.165) is 6.42 Å². The fraction of sp³-hybridized carbons (Fsp3) is 0.846. The molecule has 0 bridgehead atoms. The van der Waals surface area contributed by atoms with E-state index < -0.39 is 11.4 Å². The lowest BCUT2D eigenvalue weighted by molar-refractivity contribution is -0.149. The lowest BCUT2D eigenvalue weighted by atomic mass is 9.82. The zero-order chi connectivity index (χ0) is 13.3. The van der Waals surface area contributed by atoms with Crippen molar-refractivity contribution in [3.05, 3.63) is 0 Å². The summed E-state index contributed by atoms with van der Waals surface area (Å²) < 4.78 is 0. The molecule has 1 atom stereocenters. The van der Waals surface area contributed by atoms with Crippen LogP contribution in [0, 0.1) is 16.7 Å². The van der Waals surface area contributed by atoms with Gasteiger partial charge in [-0.1, -0.05) is 27.7 Å². The minimum atomic E-state index is -0.821. The van der Waals surface area contributed by atoms with E-state index in [0.29, 0.717) is 12.8 Å². The van der Waals surface area contributed by atoms with Gasteiger partial charge in [-0.15, -0.1) is 0 Å². The van der Waals surface area contributed by atoms with Gasteiger partial charge in [0.1, 0.15) is 0 Å². The van der Waals surface area contributed by atoms with Crippen LogP contribution in [-0.2, 0) is 9.59 Å². The molecule has 0 aromatic rings. The van der Waals surface area contributed by atoms with Crippen molar-refractivity contribution in [2.24, 2.45) is 16.7 Å². The van der Waals surface area contributed by atoms with Crippen molar-refractivity contribution in [1.29, 1.82) is 0 Å². The SMILES string of the molecule is CCC(CC)(CNC(=O)C1CC1(C)C)C(=O)O. The van der Waals surface area contributed by atoms with Gasteiger partial charge in [0.15, 0.2) is 0 Å². The summed E-state index contributed by atoms with van der Waals surface area (Å²) in [5.74, 6) is -0.761. The Bertz CT molecular complexity index is 319. The molecule has 1 saturated carbocycles. The number of carboxylic acid groups (broad SMARTS) is 1. The maximum atomic E-state index is 11.8. The summed E-state index contributed by atoms with van der Waals surface area (Å²) in [6.07, 6.45) is 1.97. The Morgan fingerprint density at radius 2 is 1.82 bits per heavy atom. The van der Waals surface area contributed by atoms with Gasteiger partial charge in [0.2, 0.25) is 5.91 Å². The Balaban J connectivity index is 2.54. The first-order valence-corrected chi connectivity index (χ1v) is 6.30. The summed E-state index contributed by atoms with van der Waals surface area (Å²) in [6.45, 7) is 8.05. The second-order valence-electron chi connectivity index (χ2n) is 5.76. The first-order valence-electron chi connectivity index (χ1n) is 6.30. The second kappa shape index (κ2) is 4.67. The molecule has 0 saturated heterocycles. The van der Waals surface area contributed by atoms with Gasteiger partial charge in [-0.25, -0.2) is 0 Å². The maximum Gasteiger partial charge on any atom is 0.311 e. The summed E-state index contributed by atoms with van der Waals surface area (Å²) in [5.41, 5.74) is -0.719. The van der Waals surface area contributed by atoms with Crippen LogP contribution >= 0.6 is 0 Å². The summed E-state index contributed by atoms with van der Waals surface area (Å²) in [6, 6.07) is 0. The molecule has 1 amide bonds. The Kier molecular flexibility index (Phi) is 3.84. The highest BCUT2D eigenvalue weighted by molar-refractivity contribution is 5.83. The number of hydrogen-bond acceptors (Lipinski definition) is 2. The molecule has 0 aromatic heterocycles. The van der Waals surface area contributed by atoms with E-state index >= 15 is 0 Å². The first-order chi connectivity index (χ1) is 7.79. The third-order valence-electron chi connectivity index (χ3n) is 4.24. The van der Waals surface area contributed by atoms with E-state index in [4.69, 9.17) is 0 Å². The Hall–Kier alpha value is -1.06. The lowest BCUT2D eigenvalue weighted by Crippen LogP contribution is -2.43. The van der Waals surface area contributed by atoms with Crippen LogP contribution < -0.4 is 5.32 Å². The molecule has 4 nitrogen and oxygen atoms in total. The number of carbonyl (C=O) groups is 2. The van der Waals surface area contributed by atoms with Crippen molar-refractivity contribution < 1.29 is 14.7 Å². The fourth-order valence-electron chi connectivity index (χ4n) is 2.17. The van der Waals surface area contributed by atoms with Crippen molar-refractivity contribution in [2.75, 3.05) is 6.54 Å². The van der Waals surface area contributed by atoms with Crippen molar-refractivity contribution in [1.82, 2.24) is 5.32 Å². The largest absolute Gasteiger partial charge is 0.481 e. The zero-order valence-electron chi connectivity index (χ0n) is 11.2. The first kappa shape index (κ1) is 14.0. The number of hydrogen-bond donors (Lipinski definition) is 2. The van der Waals surface area contributed by atoms with Crippen LogP contribution in [0.15, 0.2) is 0 Å². The van der Waals surface area contributed by atoms with E-state index in [-0.39, 0.29) is 23.8 Å². The normalized spacial score (nSPS) is 22.0.